The van der Waals surface area contributed by atoms with Gasteiger partial charge < -0.3 is 15.1 Å². The van der Waals surface area contributed by atoms with Gasteiger partial charge in [0.2, 0.25) is 5.91 Å². The molecule has 2 aliphatic rings. The molecule has 0 bridgehead atoms. The van der Waals surface area contributed by atoms with Gasteiger partial charge in [0.15, 0.2) is 5.69 Å². The molecule has 30 heavy (non-hydrogen) atoms. The van der Waals surface area contributed by atoms with Crippen LogP contribution in [0.5, 0.6) is 0 Å². The number of fused-ring (bicyclic) bond motifs is 4. The smallest absolute Gasteiger partial charge is 0.266 e. The first-order chi connectivity index (χ1) is 14.5. The Labute approximate surface area is 171 Å². The second kappa shape index (κ2) is 7.06. The molecular formula is C21H19N5O4. The van der Waals surface area contributed by atoms with Crippen molar-refractivity contribution < 1.29 is 20.0 Å². The molecule has 0 aliphatic carbocycles. The third-order valence-corrected chi connectivity index (χ3v) is 5.63. The third-order valence-electron chi connectivity index (χ3n) is 5.63. The van der Waals surface area contributed by atoms with Crippen LogP contribution < -0.4 is 5.23 Å². The largest absolute Gasteiger partial charge is 0.595 e. The summed E-state index contributed by atoms with van der Waals surface area (Å²) < 4.78 is 0. The number of hydrogen-bond donors (Lipinski definition) is 3. The van der Waals surface area contributed by atoms with E-state index in [0.29, 0.717) is 18.5 Å². The Hall–Kier alpha value is -3.53. The minimum atomic E-state index is -1.04. The van der Waals surface area contributed by atoms with Crippen LogP contribution in [0.15, 0.2) is 53.6 Å². The summed E-state index contributed by atoms with van der Waals surface area (Å²) in [4.78, 5) is 30.8. The van der Waals surface area contributed by atoms with Crippen molar-refractivity contribution >= 4 is 34.6 Å². The molecule has 0 radical (unpaired) electrons. The number of carbonyl (C=O) groups excluding carboxylic acids is 2. The van der Waals surface area contributed by atoms with Gasteiger partial charge in [0.25, 0.3) is 5.91 Å². The van der Waals surface area contributed by atoms with Gasteiger partial charge in [0, 0.05) is 40.7 Å². The third kappa shape index (κ3) is 3.05. The van der Waals surface area contributed by atoms with Gasteiger partial charge in [0.1, 0.15) is 12.6 Å². The van der Waals surface area contributed by atoms with E-state index in [1.807, 2.05) is 24.3 Å². The van der Waals surface area contributed by atoms with Crippen LogP contribution in [0.1, 0.15) is 16.8 Å². The Morgan fingerprint density at radius 3 is 2.83 bits per heavy atom. The highest BCUT2D eigenvalue weighted by Crippen LogP contribution is 2.32. The number of quaternary nitrogens is 1. The van der Waals surface area contributed by atoms with Crippen LogP contribution in [0.4, 0.5) is 5.69 Å². The topological polar surface area (TPSA) is 117 Å². The quantitative estimate of drug-likeness (QED) is 0.439. The SMILES string of the molecule is O=C1C2Cc3c([nH]c4ccccc34)CN2C(=O)CN1N=Cc1cccc([NH+]([O-])O)c1. The van der Waals surface area contributed by atoms with Gasteiger partial charge in [-0.25, -0.2) is 10.2 Å². The molecule has 2 amide bonds. The fourth-order valence-corrected chi connectivity index (χ4v) is 4.15. The molecule has 0 spiro atoms. The summed E-state index contributed by atoms with van der Waals surface area (Å²) in [5.74, 6) is -0.406. The molecule has 1 aromatic heterocycles. The first kappa shape index (κ1) is 18.5. The molecule has 0 saturated carbocycles. The maximum Gasteiger partial charge on any atom is 0.266 e. The molecule has 5 rings (SSSR count). The maximum absolute atomic E-state index is 13.1. The normalized spacial score (nSPS) is 20.0. The summed E-state index contributed by atoms with van der Waals surface area (Å²) in [5.41, 5.74) is 3.70. The van der Waals surface area contributed by atoms with Crippen LogP contribution >= 0.6 is 0 Å². The summed E-state index contributed by atoms with van der Waals surface area (Å²) in [5, 5.41) is 25.6. The van der Waals surface area contributed by atoms with Crippen LogP contribution in [-0.4, -0.2) is 50.7 Å². The number of aromatic nitrogens is 1. The van der Waals surface area contributed by atoms with Gasteiger partial charge in [-0.05, 0) is 11.6 Å². The highest BCUT2D eigenvalue weighted by Gasteiger charge is 2.43. The Morgan fingerprint density at radius 2 is 2.00 bits per heavy atom. The number of hydrogen-bond acceptors (Lipinski definition) is 5. The number of piperazine rings is 1. The minimum absolute atomic E-state index is 0.130. The first-order valence-electron chi connectivity index (χ1n) is 9.58. The minimum Gasteiger partial charge on any atom is -0.595 e. The number of amides is 2. The van der Waals surface area contributed by atoms with Crippen LogP contribution in [0.2, 0.25) is 0 Å². The van der Waals surface area contributed by atoms with Gasteiger partial charge in [0.05, 0.1) is 12.8 Å². The number of rotatable bonds is 3. The predicted molar refractivity (Wildman–Crippen MR) is 108 cm³/mol. The summed E-state index contributed by atoms with van der Waals surface area (Å²) >= 11 is 0. The van der Waals surface area contributed by atoms with E-state index in [0.717, 1.165) is 22.2 Å². The van der Waals surface area contributed by atoms with Crippen LogP contribution in [-0.2, 0) is 22.6 Å². The monoisotopic (exact) mass is 405 g/mol. The molecule has 2 unspecified atom stereocenters. The lowest BCUT2D eigenvalue weighted by molar-refractivity contribution is -0.991. The lowest BCUT2D eigenvalue weighted by Gasteiger charge is -2.40. The Kier molecular flexibility index (Phi) is 4.35. The number of hydrazone groups is 1. The van der Waals surface area contributed by atoms with E-state index >= 15 is 0 Å². The maximum atomic E-state index is 13.1. The Morgan fingerprint density at radius 1 is 1.17 bits per heavy atom. The highest BCUT2D eigenvalue weighted by molar-refractivity contribution is 5.97. The zero-order valence-electron chi connectivity index (χ0n) is 15.9. The number of nitrogens with one attached hydrogen (secondary N) is 2. The Balaban J connectivity index is 1.42. The predicted octanol–water partition coefficient (Wildman–Crippen LogP) is 0.701. The van der Waals surface area contributed by atoms with Gasteiger partial charge >= 0.3 is 0 Å². The van der Waals surface area contributed by atoms with E-state index in [2.05, 4.69) is 10.1 Å². The van der Waals surface area contributed by atoms with Crippen molar-refractivity contribution in [3.63, 3.8) is 0 Å². The average molecular weight is 405 g/mol. The van der Waals surface area contributed by atoms with E-state index < -0.39 is 11.3 Å². The van der Waals surface area contributed by atoms with E-state index in [9.17, 15) is 14.8 Å². The fraction of sp³-hybridized carbons (Fsp3) is 0.190. The lowest BCUT2D eigenvalue weighted by atomic mass is 9.94. The van der Waals surface area contributed by atoms with E-state index in [1.54, 1.807) is 17.0 Å². The lowest BCUT2D eigenvalue weighted by Crippen LogP contribution is -2.99. The van der Waals surface area contributed by atoms with Gasteiger partial charge in [-0.1, -0.05) is 30.3 Å². The molecule has 1 fully saturated rings. The summed E-state index contributed by atoms with van der Waals surface area (Å²) in [6, 6.07) is 13.6. The molecule has 3 N–H and O–H groups in total. The van der Waals surface area contributed by atoms with Crippen molar-refractivity contribution in [2.75, 3.05) is 6.54 Å². The number of carbonyl (C=O) groups is 2. The van der Waals surface area contributed by atoms with Crippen LogP contribution in [0, 0.1) is 5.21 Å². The van der Waals surface area contributed by atoms with Crippen molar-refractivity contribution in [1.29, 1.82) is 0 Å². The van der Waals surface area contributed by atoms with Crippen LogP contribution in [0.25, 0.3) is 10.9 Å². The van der Waals surface area contributed by atoms with E-state index in [4.69, 9.17) is 5.21 Å². The molecule has 2 atom stereocenters. The molecule has 2 aliphatic heterocycles. The molecule has 3 heterocycles. The van der Waals surface area contributed by atoms with Crippen molar-refractivity contribution in [3.05, 3.63) is 70.6 Å². The second-order valence-corrected chi connectivity index (χ2v) is 7.44. The van der Waals surface area contributed by atoms with Gasteiger partial charge in [-0.2, -0.15) is 10.3 Å². The molecule has 1 saturated heterocycles. The van der Waals surface area contributed by atoms with Crippen molar-refractivity contribution in [1.82, 2.24) is 14.9 Å². The zero-order valence-corrected chi connectivity index (χ0v) is 15.9. The molecule has 2 aromatic carbocycles. The Bertz CT molecular complexity index is 1190. The van der Waals surface area contributed by atoms with E-state index in [-0.39, 0.29) is 24.0 Å². The number of para-hydroxylation sites is 1. The number of benzene rings is 2. The zero-order chi connectivity index (χ0) is 20.8. The fourth-order valence-electron chi connectivity index (χ4n) is 4.15. The first-order valence-corrected chi connectivity index (χ1v) is 9.58. The average Bonchev–Trinajstić information content (AvgIpc) is 3.12. The molecule has 9 heteroatoms. The highest BCUT2D eigenvalue weighted by atomic mass is 16.8. The van der Waals surface area contributed by atoms with Crippen LogP contribution in [0.3, 0.4) is 0 Å². The standard InChI is InChI=1S/C21H19N5O4/c27-20-12-25(22-10-13-4-3-5-14(8-13)26(29)30)21(28)19-9-16-15-6-1-2-7-17(15)23-18(16)11-24(19)20/h1-8,10,19,23,26,29H,9,11-12H2. The summed E-state index contributed by atoms with van der Waals surface area (Å²) in [6.07, 6.45) is 1.84. The molecule has 3 aromatic rings. The molecule has 152 valence electrons. The number of H-pyrrole nitrogens is 1. The molecular weight excluding hydrogens is 386 g/mol. The van der Waals surface area contributed by atoms with Crippen molar-refractivity contribution in [3.8, 4) is 0 Å². The summed E-state index contributed by atoms with van der Waals surface area (Å²) in [6.45, 7) is 0.234. The summed E-state index contributed by atoms with van der Waals surface area (Å²) in [7, 11) is 0. The van der Waals surface area contributed by atoms with Gasteiger partial charge in [-0.15, -0.1) is 0 Å². The van der Waals surface area contributed by atoms with Crippen molar-refractivity contribution in [2.45, 2.75) is 19.0 Å². The van der Waals surface area contributed by atoms with Gasteiger partial charge in [-0.3, -0.25) is 9.59 Å². The number of nitrogens with zero attached hydrogens (tertiary/aromatic N) is 3. The van der Waals surface area contributed by atoms with E-state index in [1.165, 1.54) is 23.4 Å². The number of aromatic amines is 1. The van der Waals surface area contributed by atoms with Crippen molar-refractivity contribution in [2.24, 2.45) is 5.10 Å². The molecule has 9 nitrogen and oxygen atoms in total. The second-order valence-electron chi connectivity index (χ2n) is 7.44.